The normalized spacial score (nSPS) is 11.5. The van der Waals surface area contributed by atoms with Gasteiger partial charge in [0.15, 0.2) is 0 Å². The molecule has 0 unspecified atom stereocenters. The molecule has 0 radical (unpaired) electrons. The molecule has 0 aliphatic heterocycles. The first-order chi connectivity index (χ1) is 18.9. The Morgan fingerprint density at radius 1 is 0.700 bits per heavy atom. The molecular formula is C31H22F8O. The van der Waals surface area contributed by atoms with Crippen LogP contribution in [0.5, 0.6) is 5.75 Å². The lowest BCUT2D eigenvalue weighted by Gasteiger charge is -2.20. The van der Waals surface area contributed by atoms with E-state index in [9.17, 15) is 35.1 Å². The van der Waals surface area contributed by atoms with E-state index in [0.717, 1.165) is 24.3 Å². The zero-order chi connectivity index (χ0) is 29.2. The molecule has 0 saturated carbocycles. The molecule has 0 spiro atoms. The van der Waals surface area contributed by atoms with Crippen LogP contribution in [0.25, 0.3) is 22.3 Å². The Bertz CT molecular complexity index is 1530. The Morgan fingerprint density at radius 2 is 1.23 bits per heavy atom. The molecule has 4 aromatic carbocycles. The van der Waals surface area contributed by atoms with E-state index in [0.29, 0.717) is 36.6 Å². The van der Waals surface area contributed by atoms with Gasteiger partial charge in [0.2, 0.25) is 0 Å². The predicted molar refractivity (Wildman–Crippen MR) is 136 cm³/mol. The van der Waals surface area contributed by atoms with Crippen LogP contribution in [0.4, 0.5) is 35.1 Å². The second-order valence-electron chi connectivity index (χ2n) is 8.99. The van der Waals surface area contributed by atoms with E-state index >= 15 is 0 Å². The number of ether oxygens (including phenoxy) is 1. The van der Waals surface area contributed by atoms with Gasteiger partial charge in [0.1, 0.15) is 46.2 Å². The molecule has 0 aromatic heterocycles. The first-order valence-corrected chi connectivity index (χ1v) is 12.2. The fraction of sp³-hybridized carbons (Fsp3) is 0.161. The smallest absolute Gasteiger partial charge is 0.429 e. The Labute approximate surface area is 225 Å². The zero-order valence-corrected chi connectivity index (χ0v) is 21.1. The van der Waals surface area contributed by atoms with E-state index in [1.165, 1.54) is 19.1 Å². The fourth-order valence-electron chi connectivity index (χ4n) is 4.31. The average Bonchev–Trinajstić information content (AvgIpc) is 2.86. The van der Waals surface area contributed by atoms with Gasteiger partial charge in [-0.15, -0.1) is 6.58 Å². The molecular weight excluding hydrogens is 540 g/mol. The summed E-state index contributed by atoms with van der Waals surface area (Å²) < 4.78 is 121. The quantitative estimate of drug-likeness (QED) is 0.146. The van der Waals surface area contributed by atoms with Crippen LogP contribution < -0.4 is 4.74 Å². The molecule has 40 heavy (non-hydrogen) atoms. The van der Waals surface area contributed by atoms with E-state index in [4.69, 9.17) is 0 Å². The second kappa shape index (κ2) is 11.5. The van der Waals surface area contributed by atoms with Crippen molar-refractivity contribution in [3.8, 4) is 28.0 Å². The van der Waals surface area contributed by atoms with Gasteiger partial charge in [-0.05, 0) is 78.4 Å². The summed E-state index contributed by atoms with van der Waals surface area (Å²) in [7, 11) is 0. The van der Waals surface area contributed by atoms with Crippen molar-refractivity contribution in [2.75, 3.05) is 0 Å². The van der Waals surface area contributed by atoms with Gasteiger partial charge in [0, 0.05) is 22.8 Å². The standard InChI is InChI=1S/C31H22F8O/c1-3-5-6-17-7-9-22(24(32)11-17)19-14-28(36)30(29(37)15-19)31(38,39)40-20-8-10-23(27(35)16-20)18-12-25(33)21(4-2)26(34)13-18/h3,7-16H,1,4-6H2,2H3. The number of benzene rings is 4. The van der Waals surface area contributed by atoms with E-state index in [1.54, 1.807) is 12.1 Å². The maximum absolute atomic E-state index is 14.9. The minimum Gasteiger partial charge on any atom is -0.429 e. The van der Waals surface area contributed by atoms with Crippen LogP contribution >= 0.6 is 0 Å². The Morgan fingerprint density at radius 3 is 1.73 bits per heavy atom. The lowest BCUT2D eigenvalue weighted by Crippen LogP contribution is -2.25. The maximum atomic E-state index is 14.9. The summed E-state index contributed by atoms with van der Waals surface area (Å²) in [5, 5.41) is 0. The summed E-state index contributed by atoms with van der Waals surface area (Å²) in [5.41, 5.74) is -2.35. The Balaban J connectivity index is 1.61. The first-order valence-electron chi connectivity index (χ1n) is 12.2. The van der Waals surface area contributed by atoms with Gasteiger partial charge >= 0.3 is 6.11 Å². The Kier molecular flexibility index (Phi) is 8.32. The Hall–Kier alpha value is -4.14. The van der Waals surface area contributed by atoms with Crippen molar-refractivity contribution in [2.24, 2.45) is 0 Å². The second-order valence-corrected chi connectivity index (χ2v) is 8.99. The van der Waals surface area contributed by atoms with E-state index in [-0.39, 0.29) is 34.2 Å². The highest BCUT2D eigenvalue weighted by atomic mass is 19.3. The average molecular weight is 563 g/mol. The van der Waals surface area contributed by atoms with Crippen LogP contribution in [0.15, 0.2) is 73.3 Å². The molecule has 0 amide bonds. The first kappa shape index (κ1) is 28.9. The number of rotatable bonds is 9. The SMILES string of the molecule is C=CCCc1ccc(-c2cc(F)c(C(F)(F)Oc3ccc(-c4cc(F)c(CC)c(F)c4)c(F)c3)c(F)c2)c(F)c1. The molecule has 4 aromatic rings. The van der Waals surface area contributed by atoms with Crippen LogP contribution in [0.2, 0.25) is 0 Å². The van der Waals surface area contributed by atoms with Gasteiger partial charge in [-0.2, -0.15) is 8.78 Å². The maximum Gasteiger partial charge on any atom is 0.432 e. The molecule has 0 N–H and O–H groups in total. The van der Waals surface area contributed by atoms with Gasteiger partial charge in [-0.1, -0.05) is 25.1 Å². The summed E-state index contributed by atoms with van der Waals surface area (Å²) in [6, 6.07) is 9.21. The van der Waals surface area contributed by atoms with Crippen LogP contribution in [0.1, 0.15) is 30.0 Å². The summed E-state index contributed by atoms with van der Waals surface area (Å²) in [4.78, 5) is 0. The third-order valence-electron chi connectivity index (χ3n) is 6.31. The zero-order valence-electron chi connectivity index (χ0n) is 21.1. The van der Waals surface area contributed by atoms with Crippen molar-refractivity contribution in [1.29, 1.82) is 0 Å². The van der Waals surface area contributed by atoms with Crippen LogP contribution in [0, 0.1) is 34.9 Å². The van der Waals surface area contributed by atoms with E-state index in [1.807, 2.05) is 0 Å². The molecule has 1 nitrogen and oxygen atoms in total. The van der Waals surface area contributed by atoms with Crippen molar-refractivity contribution >= 4 is 0 Å². The van der Waals surface area contributed by atoms with Crippen molar-refractivity contribution in [3.05, 3.63) is 125 Å². The third-order valence-corrected chi connectivity index (χ3v) is 6.31. The van der Waals surface area contributed by atoms with Crippen LogP contribution in [-0.4, -0.2) is 0 Å². The van der Waals surface area contributed by atoms with E-state index in [2.05, 4.69) is 11.3 Å². The number of hydrogen-bond acceptors (Lipinski definition) is 1. The minimum absolute atomic E-state index is 0.0632. The van der Waals surface area contributed by atoms with E-state index < -0.39 is 52.3 Å². The van der Waals surface area contributed by atoms with Crippen molar-refractivity contribution in [2.45, 2.75) is 32.3 Å². The monoisotopic (exact) mass is 562 g/mol. The molecule has 0 heterocycles. The summed E-state index contributed by atoms with van der Waals surface area (Å²) >= 11 is 0. The van der Waals surface area contributed by atoms with Crippen LogP contribution in [0.3, 0.4) is 0 Å². The molecule has 0 saturated heterocycles. The molecule has 4 rings (SSSR count). The molecule has 0 bridgehead atoms. The lowest BCUT2D eigenvalue weighted by atomic mass is 9.99. The number of allylic oxidation sites excluding steroid dienone is 1. The third kappa shape index (κ3) is 5.88. The molecule has 9 heteroatoms. The summed E-state index contributed by atoms with van der Waals surface area (Å²) in [6.45, 7) is 5.11. The van der Waals surface area contributed by atoms with Crippen LogP contribution in [-0.2, 0) is 19.0 Å². The van der Waals surface area contributed by atoms with Gasteiger partial charge in [-0.3, -0.25) is 0 Å². The number of aryl methyl sites for hydroxylation is 1. The topological polar surface area (TPSA) is 9.23 Å². The molecule has 208 valence electrons. The highest BCUT2D eigenvalue weighted by Gasteiger charge is 2.41. The van der Waals surface area contributed by atoms with Crippen molar-refractivity contribution in [3.63, 3.8) is 0 Å². The largest absolute Gasteiger partial charge is 0.432 e. The van der Waals surface area contributed by atoms with Crippen molar-refractivity contribution in [1.82, 2.24) is 0 Å². The lowest BCUT2D eigenvalue weighted by molar-refractivity contribution is -0.189. The number of hydrogen-bond donors (Lipinski definition) is 0. The van der Waals surface area contributed by atoms with Gasteiger partial charge in [-0.25, -0.2) is 26.3 Å². The molecule has 0 atom stereocenters. The molecule has 0 aliphatic carbocycles. The summed E-state index contributed by atoms with van der Waals surface area (Å²) in [6.07, 6.45) is -1.82. The molecule has 0 fully saturated rings. The number of halogens is 8. The number of alkyl halides is 2. The summed E-state index contributed by atoms with van der Waals surface area (Å²) in [5.74, 6) is -8.00. The predicted octanol–water partition coefficient (Wildman–Crippen LogP) is 9.66. The van der Waals surface area contributed by atoms with Gasteiger partial charge in [0.05, 0.1) is 0 Å². The van der Waals surface area contributed by atoms with Gasteiger partial charge in [0.25, 0.3) is 0 Å². The highest BCUT2D eigenvalue weighted by molar-refractivity contribution is 5.67. The van der Waals surface area contributed by atoms with Gasteiger partial charge < -0.3 is 4.74 Å². The molecule has 0 aliphatic rings. The minimum atomic E-state index is -4.60. The highest BCUT2D eigenvalue weighted by Crippen LogP contribution is 2.38. The fourth-order valence-corrected chi connectivity index (χ4v) is 4.31. The van der Waals surface area contributed by atoms with Crippen molar-refractivity contribution < 1.29 is 39.9 Å².